The molecule has 1 N–H and O–H groups in total. The average Bonchev–Trinajstić information content (AvgIpc) is 2.89. The third-order valence-corrected chi connectivity index (χ3v) is 4.34. The lowest BCUT2D eigenvalue weighted by atomic mass is 10.1. The van der Waals surface area contributed by atoms with E-state index in [-0.39, 0.29) is 0 Å². The lowest BCUT2D eigenvalue weighted by molar-refractivity contribution is 0.739. The van der Waals surface area contributed by atoms with Crippen molar-refractivity contribution in [2.24, 2.45) is 9.98 Å². The van der Waals surface area contributed by atoms with Gasteiger partial charge in [0.15, 0.2) is 11.5 Å². The van der Waals surface area contributed by atoms with Crippen LogP contribution in [0.25, 0.3) is 0 Å². The highest BCUT2D eigenvalue weighted by Gasteiger charge is 2.15. The van der Waals surface area contributed by atoms with Crippen LogP contribution in [0.2, 0.25) is 0 Å². The normalized spacial score (nSPS) is 18.4. The minimum Gasteiger partial charge on any atom is -0.277 e. The molecule has 1 atom stereocenters. The number of rotatable bonds is 5. The van der Waals surface area contributed by atoms with Crippen molar-refractivity contribution in [3.8, 4) is 0 Å². The maximum absolute atomic E-state index is 6.25. The maximum Gasteiger partial charge on any atom is 0.178 e. The largest absolute Gasteiger partial charge is 0.277 e. The van der Waals surface area contributed by atoms with E-state index in [1.807, 2.05) is 43.3 Å². The molecule has 1 aliphatic rings. The molecule has 0 spiro atoms. The second-order valence-corrected chi connectivity index (χ2v) is 6.34. The molecule has 3 rings (SSSR count). The number of alkyl halides is 1. The summed E-state index contributed by atoms with van der Waals surface area (Å²) in [6.07, 6.45) is 7.23. The van der Waals surface area contributed by atoms with Crippen molar-refractivity contribution in [2.45, 2.75) is 19.0 Å². The molecule has 0 amide bonds. The molecule has 3 nitrogen and oxygen atoms in total. The van der Waals surface area contributed by atoms with Crippen molar-refractivity contribution < 1.29 is 0 Å². The summed E-state index contributed by atoms with van der Waals surface area (Å²) in [5, 5.41) is 3.19. The van der Waals surface area contributed by atoms with E-state index in [1.165, 1.54) is 5.56 Å². The summed E-state index contributed by atoms with van der Waals surface area (Å²) >= 11 is 6.25. The number of hydrogen-bond donors (Lipinski definition) is 1. The third kappa shape index (κ3) is 5.01. The van der Waals surface area contributed by atoms with Crippen LogP contribution in [0.15, 0.2) is 94.4 Å². The van der Waals surface area contributed by atoms with Gasteiger partial charge in [-0.3, -0.25) is 5.32 Å². The number of nitrogens with zero attached hydrogens (tertiary/aromatic N) is 2. The highest BCUT2D eigenvalue weighted by Crippen LogP contribution is 2.12. The molecule has 2 aromatic rings. The van der Waals surface area contributed by atoms with Gasteiger partial charge in [-0.25, -0.2) is 9.98 Å². The lowest BCUT2D eigenvalue weighted by Gasteiger charge is -2.07. The topological polar surface area (TPSA) is 36.8 Å². The standard InChI is InChI=1S/C22H22ClN3/c1-2-18(15-9-12-17-10-5-3-6-11-17)20-16-24-22(23)26-21(25-20)19-13-7-4-8-14-19/h2-11,13-15,22,24H,12,16H2,1H3/b15-9-,18-2+. The zero-order valence-electron chi connectivity index (χ0n) is 14.8. The molecule has 132 valence electrons. The van der Waals surface area contributed by atoms with Gasteiger partial charge >= 0.3 is 0 Å². The van der Waals surface area contributed by atoms with Crippen LogP contribution in [0.3, 0.4) is 0 Å². The molecule has 0 aliphatic carbocycles. The summed E-state index contributed by atoms with van der Waals surface area (Å²) in [5.74, 6) is 0.654. The van der Waals surface area contributed by atoms with Crippen LogP contribution in [0.5, 0.6) is 0 Å². The maximum atomic E-state index is 6.25. The van der Waals surface area contributed by atoms with Gasteiger partial charge in [-0.1, -0.05) is 90.5 Å². The molecular formula is C22H22ClN3. The van der Waals surface area contributed by atoms with Crippen molar-refractivity contribution in [1.29, 1.82) is 0 Å². The second-order valence-electron chi connectivity index (χ2n) is 5.93. The molecule has 4 heteroatoms. The van der Waals surface area contributed by atoms with Crippen LogP contribution >= 0.6 is 11.6 Å². The van der Waals surface area contributed by atoms with E-state index < -0.39 is 5.62 Å². The fourth-order valence-corrected chi connectivity index (χ4v) is 2.89. The van der Waals surface area contributed by atoms with Gasteiger partial charge < -0.3 is 0 Å². The number of nitrogens with one attached hydrogen (secondary N) is 1. The molecule has 1 heterocycles. The van der Waals surface area contributed by atoms with Crippen molar-refractivity contribution in [3.63, 3.8) is 0 Å². The van der Waals surface area contributed by atoms with Crippen molar-refractivity contribution in [2.75, 3.05) is 6.54 Å². The highest BCUT2D eigenvalue weighted by atomic mass is 35.5. The first kappa shape index (κ1) is 18.3. The number of aliphatic imine (C=N–C) groups is 2. The van der Waals surface area contributed by atoms with Gasteiger partial charge in [-0.05, 0) is 24.5 Å². The Morgan fingerprint density at radius 2 is 1.81 bits per heavy atom. The van der Waals surface area contributed by atoms with E-state index in [0.29, 0.717) is 12.4 Å². The summed E-state index contributed by atoms with van der Waals surface area (Å²) in [6, 6.07) is 20.3. The quantitative estimate of drug-likeness (QED) is 0.464. The van der Waals surface area contributed by atoms with Crippen LogP contribution in [-0.4, -0.2) is 23.7 Å². The molecule has 0 radical (unpaired) electrons. The fourth-order valence-electron chi connectivity index (χ4n) is 2.72. The van der Waals surface area contributed by atoms with E-state index >= 15 is 0 Å². The fraction of sp³-hybridized carbons (Fsp3) is 0.182. The van der Waals surface area contributed by atoms with Gasteiger partial charge in [0.25, 0.3) is 0 Å². The molecule has 0 saturated carbocycles. The van der Waals surface area contributed by atoms with Crippen molar-refractivity contribution >= 4 is 23.1 Å². The number of benzene rings is 2. The van der Waals surface area contributed by atoms with Gasteiger partial charge in [-0.2, -0.15) is 0 Å². The van der Waals surface area contributed by atoms with Crippen LogP contribution < -0.4 is 5.32 Å². The molecule has 0 aromatic heterocycles. The molecule has 0 fully saturated rings. The monoisotopic (exact) mass is 363 g/mol. The van der Waals surface area contributed by atoms with Crippen LogP contribution in [-0.2, 0) is 6.42 Å². The van der Waals surface area contributed by atoms with E-state index in [4.69, 9.17) is 16.6 Å². The summed E-state index contributed by atoms with van der Waals surface area (Å²) in [4.78, 5) is 9.27. The molecule has 1 aliphatic heterocycles. The van der Waals surface area contributed by atoms with Crippen molar-refractivity contribution in [3.05, 3.63) is 95.6 Å². The first-order chi connectivity index (χ1) is 12.8. The van der Waals surface area contributed by atoms with Gasteiger partial charge in [0.1, 0.15) is 0 Å². The van der Waals surface area contributed by atoms with Gasteiger partial charge in [-0.15, -0.1) is 0 Å². The Labute approximate surface area is 159 Å². The summed E-state index contributed by atoms with van der Waals surface area (Å²) in [5.41, 5.74) is 3.76. The predicted octanol–water partition coefficient (Wildman–Crippen LogP) is 4.75. The molecule has 1 unspecified atom stereocenters. The van der Waals surface area contributed by atoms with Crippen LogP contribution in [0, 0.1) is 0 Å². The first-order valence-corrected chi connectivity index (χ1v) is 9.15. The van der Waals surface area contributed by atoms with E-state index in [2.05, 4.69) is 52.8 Å². The molecular weight excluding hydrogens is 342 g/mol. The summed E-state index contributed by atoms with van der Waals surface area (Å²) < 4.78 is 0. The average molecular weight is 364 g/mol. The Bertz CT molecular complexity index is 836. The van der Waals surface area contributed by atoms with Gasteiger partial charge in [0.2, 0.25) is 0 Å². The van der Waals surface area contributed by atoms with E-state index in [1.54, 1.807) is 0 Å². The van der Waals surface area contributed by atoms with Gasteiger partial charge in [0.05, 0.1) is 5.71 Å². The number of hydrogen-bond acceptors (Lipinski definition) is 3. The lowest BCUT2D eigenvalue weighted by Crippen LogP contribution is -2.27. The van der Waals surface area contributed by atoms with Crippen LogP contribution in [0.1, 0.15) is 18.1 Å². The molecule has 0 bridgehead atoms. The first-order valence-electron chi connectivity index (χ1n) is 8.71. The zero-order valence-corrected chi connectivity index (χ0v) is 15.5. The SMILES string of the molecule is C/C=C(\C=C/Cc1ccccc1)C1=NC(c2ccccc2)=NC(Cl)NC1. The van der Waals surface area contributed by atoms with E-state index in [0.717, 1.165) is 23.3 Å². The predicted molar refractivity (Wildman–Crippen MR) is 111 cm³/mol. The number of allylic oxidation sites excluding steroid dienone is 3. The zero-order chi connectivity index (χ0) is 18.2. The Hall–Kier alpha value is -2.49. The smallest absolute Gasteiger partial charge is 0.178 e. The minimum absolute atomic E-state index is 0.488. The minimum atomic E-state index is -0.488. The summed E-state index contributed by atoms with van der Waals surface area (Å²) in [6.45, 7) is 2.59. The Morgan fingerprint density at radius 3 is 2.50 bits per heavy atom. The molecule has 26 heavy (non-hydrogen) atoms. The Kier molecular flexibility index (Phi) is 6.53. The van der Waals surface area contributed by atoms with Gasteiger partial charge in [0, 0.05) is 12.1 Å². The van der Waals surface area contributed by atoms with E-state index in [9.17, 15) is 0 Å². The number of amidine groups is 1. The van der Waals surface area contributed by atoms with Crippen molar-refractivity contribution in [1.82, 2.24) is 5.32 Å². The Balaban J connectivity index is 1.81. The Morgan fingerprint density at radius 1 is 1.12 bits per heavy atom. The second kappa shape index (κ2) is 9.27. The molecule has 2 aromatic carbocycles. The number of halogens is 1. The highest BCUT2D eigenvalue weighted by molar-refractivity contribution is 6.23. The summed E-state index contributed by atoms with van der Waals surface area (Å²) in [7, 11) is 0. The third-order valence-electron chi connectivity index (χ3n) is 4.08. The molecule has 0 saturated heterocycles. The van der Waals surface area contributed by atoms with Crippen LogP contribution in [0.4, 0.5) is 0 Å².